The van der Waals surface area contributed by atoms with E-state index < -0.39 is 12.1 Å². The van der Waals surface area contributed by atoms with Crippen molar-refractivity contribution in [3.63, 3.8) is 0 Å². The lowest BCUT2D eigenvalue weighted by Crippen LogP contribution is -2.39. The average molecular weight is 442 g/mol. The summed E-state index contributed by atoms with van der Waals surface area (Å²) < 4.78 is 5.54. The van der Waals surface area contributed by atoms with E-state index in [9.17, 15) is 9.90 Å². The van der Waals surface area contributed by atoms with Crippen LogP contribution in [0.2, 0.25) is 10.0 Å². The van der Waals surface area contributed by atoms with Gasteiger partial charge in [-0.2, -0.15) is 0 Å². The number of benzene rings is 3. The van der Waals surface area contributed by atoms with Crippen molar-refractivity contribution in [2.24, 2.45) is 0 Å². The van der Waals surface area contributed by atoms with E-state index in [0.717, 1.165) is 16.7 Å². The number of amides is 1. The zero-order valence-corrected chi connectivity index (χ0v) is 17.7. The van der Waals surface area contributed by atoms with Crippen molar-refractivity contribution >= 4 is 29.3 Å². The van der Waals surface area contributed by atoms with Crippen LogP contribution in [0.1, 0.15) is 22.6 Å². The van der Waals surface area contributed by atoms with Crippen LogP contribution in [0.15, 0.2) is 66.7 Å². The first-order valence-electron chi connectivity index (χ1n) is 9.73. The number of fused-ring (bicyclic) bond motifs is 3. The van der Waals surface area contributed by atoms with Crippen molar-refractivity contribution in [1.29, 1.82) is 0 Å². The maximum absolute atomic E-state index is 12.4. The highest BCUT2D eigenvalue weighted by molar-refractivity contribution is 6.33. The molecule has 154 valence electrons. The Hall–Kier alpha value is -2.53. The molecule has 0 bridgehead atoms. The Kier molecular flexibility index (Phi) is 6.28. The van der Waals surface area contributed by atoms with Crippen molar-refractivity contribution in [3.8, 4) is 11.1 Å². The SMILES string of the molecule is O=C(N[C@H](CO)Cc1cc(Cl)ccc1Cl)OCC1c2ccccc2-c2ccccc21. The molecule has 0 unspecified atom stereocenters. The molecule has 4 nitrogen and oxygen atoms in total. The molecular weight excluding hydrogens is 421 g/mol. The molecule has 0 saturated heterocycles. The van der Waals surface area contributed by atoms with Crippen molar-refractivity contribution in [2.45, 2.75) is 18.4 Å². The van der Waals surface area contributed by atoms with E-state index in [-0.39, 0.29) is 19.1 Å². The van der Waals surface area contributed by atoms with Gasteiger partial charge in [0.05, 0.1) is 12.6 Å². The molecule has 6 heteroatoms. The molecule has 0 heterocycles. The van der Waals surface area contributed by atoms with E-state index in [4.69, 9.17) is 27.9 Å². The molecule has 0 radical (unpaired) electrons. The summed E-state index contributed by atoms with van der Waals surface area (Å²) in [5.74, 6) is -0.0156. The van der Waals surface area contributed by atoms with Crippen LogP contribution in [-0.2, 0) is 11.2 Å². The summed E-state index contributed by atoms with van der Waals surface area (Å²) in [4.78, 5) is 12.4. The molecule has 4 rings (SSSR count). The monoisotopic (exact) mass is 441 g/mol. The highest BCUT2D eigenvalue weighted by Gasteiger charge is 2.29. The van der Waals surface area contributed by atoms with Gasteiger partial charge in [0.2, 0.25) is 0 Å². The number of hydrogen-bond acceptors (Lipinski definition) is 3. The quantitative estimate of drug-likeness (QED) is 0.535. The predicted octanol–water partition coefficient (Wildman–Crippen LogP) is 5.44. The van der Waals surface area contributed by atoms with Crippen LogP contribution >= 0.6 is 23.2 Å². The minimum atomic E-state index is -0.575. The van der Waals surface area contributed by atoms with E-state index >= 15 is 0 Å². The number of hydrogen-bond donors (Lipinski definition) is 2. The highest BCUT2D eigenvalue weighted by atomic mass is 35.5. The van der Waals surface area contributed by atoms with Crippen LogP contribution in [0.3, 0.4) is 0 Å². The maximum atomic E-state index is 12.4. The first-order valence-corrected chi connectivity index (χ1v) is 10.5. The standard InChI is InChI=1S/C24H21Cl2NO3/c25-16-9-10-23(26)15(11-16)12-17(13-28)27-24(29)30-14-22-20-7-3-1-5-18(20)19-6-2-4-8-21(19)22/h1-11,17,22,28H,12-14H2,(H,27,29)/t17-/m0/s1. The number of carbonyl (C=O) groups is 1. The Bertz CT molecular complexity index is 1020. The van der Waals surface area contributed by atoms with Gasteiger partial charge in [-0.25, -0.2) is 4.79 Å². The van der Waals surface area contributed by atoms with Crippen molar-refractivity contribution in [3.05, 3.63) is 93.5 Å². The van der Waals surface area contributed by atoms with Gasteiger partial charge in [-0.1, -0.05) is 71.7 Å². The van der Waals surface area contributed by atoms with Crippen molar-refractivity contribution in [1.82, 2.24) is 5.32 Å². The molecule has 0 aliphatic heterocycles. The zero-order chi connectivity index (χ0) is 21.1. The van der Waals surface area contributed by atoms with Crippen LogP contribution in [-0.4, -0.2) is 30.5 Å². The Morgan fingerprint density at radius 3 is 2.27 bits per heavy atom. The lowest BCUT2D eigenvalue weighted by atomic mass is 9.98. The van der Waals surface area contributed by atoms with Crippen molar-refractivity contribution in [2.75, 3.05) is 13.2 Å². The van der Waals surface area contributed by atoms with Gasteiger partial charge in [0, 0.05) is 16.0 Å². The number of nitrogens with one attached hydrogen (secondary N) is 1. The van der Waals surface area contributed by atoms with Crippen LogP contribution in [0.4, 0.5) is 4.79 Å². The van der Waals surface area contributed by atoms with Gasteiger partial charge in [0.15, 0.2) is 0 Å². The lowest BCUT2D eigenvalue weighted by molar-refractivity contribution is 0.132. The molecule has 2 N–H and O–H groups in total. The lowest BCUT2D eigenvalue weighted by Gasteiger charge is -2.19. The van der Waals surface area contributed by atoms with Gasteiger partial charge in [-0.05, 0) is 52.4 Å². The van der Waals surface area contributed by atoms with Crippen LogP contribution in [0.5, 0.6) is 0 Å². The van der Waals surface area contributed by atoms with Gasteiger partial charge in [0.25, 0.3) is 0 Å². The fraction of sp³-hybridized carbons (Fsp3) is 0.208. The minimum Gasteiger partial charge on any atom is -0.449 e. The largest absolute Gasteiger partial charge is 0.449 e. The third-order valence-electron chi connectivity index (χ3n) is 5.36. The first-order chi connectivity index (χ1) is 14.6. The number of halogens is 2. The Balaban J connectivity index is 1.41. The van der Waals surface area contributed by atoms with Crippen LogP contribution in [0.25, 0.3) is 11.1 Å². The molecule has 30 heavy (non-hydrogen) atoms. The third kappa shape index (κ3) is 4.31. The molecule has 1 amide bonds. The summed E-state index contributed by atoms with van der Waals surface area (Å²) in [6.07, 6.45) is -0.228. The second kappa shape index (κ2) is 9.09. The summed E-state index contributed by atoms with van der Waals surface area (Å²) >= 11 is 12.2. The fourth-order valence-corrected chi connectivity index (χ4v) is 4.32. The molecule has 1 aliphatic carbocycles. The van der Waals surface area contributed by atoms with E-state index in [2.05, 4.69) is 29.6 Å². The molecule has 3 aromatic rings. The third-order valence-corrected chi connectivity index (χ3v) is 5.96. The second-order valence-corrected chi connectivity index (χ2v) is 8.13. The summed E-state index contributed by atoms with van der Waals surface area (Å²) in [5, 5.41) is 13.5. The molecule has 3 aromatic carbocycles. The Morgan fingerprint density at radius 2 is 1.63 bits per heavy atom. The van der Waals surface area contributed by atoms with Crippen LogP contribution < -0.4 is 5.32 Å². The normalized spacial score (nSPS) is 13.4. The van der Waals surface area contributed by atoms with E-state index in [0.29, 0.717) is 16.5 Å². The summed E-state index contributed by atoms with van der Waals surface area (Å²) in [6.45, 7) is -0.0248. The number of aliphatic hydroxyl groups excluding tert-OH is 1. The number of rotatable bonds is 6. The van der Waals surface area contributed by atoms with E-state index in [1.54, 1.807) is 18.2 Å². The topological polar surface area (TPSA) is 58.6 Å². The summed E-state index contributed by atoms with van der Waals surface area (Å²) in [5.41, 5.74) is 5.39. The summed E-state index contributed by atoms with van der Waals surface area (Å²) in [7, 11) is 0. The minimum absolute atomic E-state index is 0.0156. The Morgan fingerprint density at radius 1 is 1.00 bits per heavy atom. The zero-order valence-electron chi connectivity index (χ0n) is 16.1. The maximum Gasteiger partial charge on any atom is 0.407 e. The van der Waals surface area contributed by atoms with Gasteiger partial charge < -0.3 is 15.2 Å². The first kappa shape index (κ1) is 20.7. The fourth-order valence-electron chi connectivity index (χ4n) is 3.93. The number of alkyl carbamates (subject to hydrolysis) is 1. The molecular formula is C24H21Cl2NO3. The average Bonchev–Trinajstić information content (AvgIpc) is 3.08. The van der Waals surface area contributed by atoms with Gasteiger partial charge >= 0.3 is 6.09 Å². The molecule has 1 aliphatic rings. The number of aliphatic hydroxyl groups is 1. The summed E-state index contributed by atoms with van der Waals surface area (Å²) in [6, 6.07) is 20.9. The van der Waals surface area contributed by atoms with Crippen molar-refractivity contribution < 1.29 is 14.6 Å². The number of ether oxygens (including phenoxy) is 1. The second-order valence-electron chi connectivity index (χ2n) is 7.29. The predicted molar refractivity (Wildman–Crippen MR) is 119 cm³/mol. The molecule has 1 atom stereocenters. The molecule has 0 spiro atoms. The molecule has 0 aromatic heterocycles. The molecule has 0 fully saturated rings. The Labute approximate surface area is 185 Å². The van der Waals surface area contributed by atoms with Gasteiger partial charge in [-0.15, -0.1) is 0 Å². The smallest absolute Gasteiger partial charge is 0.407 e. The van der Waals surface area contributed by atoms with E-state index in [1.165, 1.54) is 11.1 Å². The highest BCUT2D eigenvalue weighted by Crippen LogP contribution is 2.44. The van der Waals surface area contributed by atoms with Crippen LogP contribution in [0, 0.1) is 0 Å². The van der Waals surface area contributed by atoms with E-state index in [1.807, 2.05) is 24.3 Å². The number of carbonyl (C=O) groups excluding carboxylic acids is 1. The van der Waals surface area contributed by atoms with Gasteiger partial charge in [-0.3, -0.25) is 0 Å². The molecule has 0 saturated carbocycles. The van der Waals surface area contributed by atoms with Gasteiger partial charge in [0.1, 0.15) is 6.61 Å².